The van der Waals surface area contributed by atoms with Gasteiger partial charge in [0.15, 0.2) is 6.79 Å². The summed E-state index contributed by atoms with van der Waals surface area (Å²) in [4.78, 5) is 10.4. The quantitative estimate of drug-likeness (QED) is 0.605. The minimum absolute atomic E-state index is 0.296. The highest BCUT2D eigenvalue weighted by Gasteiger charge is 2.56. The summed E-state index contributed by atoms with van der Waals surface area (Å²) in [5.74, 6) is 0.362. The predicted octanol–water partition coefficient (Wildman–Crippen LogP) is 3.64. The smallest absolute Gasteiger partial charge is 0.204 e. The van der Waals surface area contributed by atoms with E-state index in [1.807, 2.05) is 0 Å². The molecule has 1 unspecified atom stereocenters. The fourth-order valence-electron chi connectivity index (χ4n) is 4.74. The summed E-state index contributed by atoms with van der Waals surface area (Å²) in [5, 5.41) is 0. The van der Waals surface area contributed by atoms with E-state index in [2.05, 4.69) is 20.8 Å². The first kappa shape index (κ1) is 11.9. The monoisotopic (exact) mass is 240 g/mol. The fourth-order valence-corrected chi connectivity index (χ4v) is 4.74. The van der Waals surface area contributed by atoms with Crippen LogP contribution in [0.2, 0.25) is 0 Å². The van der Waals surface area contributed by atoms with Crippen LogP contribution in [0.4, 0.5) is 0 Å². The summed E-state index contributed by atoms with van der Waals surface area (Å²) < 4.78 is 5.72. The lowest BCUT2D eigenvalue weighted by molar-refractivity contribution is -0.343. The van der Waals surface area contributed by atoms with Crippen molar-refractivity contribution in [1.29, 1.82) is 0 Å². The maximum atomic E-state index is 5.72. The van der Waals surface area contributed by atoms with Crippen molar-refractivity contribution in [2.45, 2.75) is 65.1 Å². The number of hydrogen-bond donors (Lipinski definition) is 0. The van der Waals surface area contributed by atoms with E-state index in [0.29, 0.717) is 17.6 Å². The average molecular weight is 240 g/mol. The molecule has 0 aromatic heterocycles. The molecule has 3 nitrogen and oxygen atoms in total. The van der Waals surface area contributed by atoms with Gasteiger partial charge in [-0.3, -0.25) is 0 Å². The molecule has 3 rings (SSSR count). The number of fused-ring (bicyclic) bond motifs is 1. The van der Waals surface area contributed by atoms with Crippen LogP contribution in [-0.4, -0.2) is 12.6 Å². The summed E-state index contributed by atoms with van der Waals surface area (Å²) in [6.07, 6.45) is 7.17. The Morgan fingerprint density at radius 2 is 1.88 bits per heavy atom. The van der Waals surface area contributed by atoms with E-state index < -0.39 is 5.79 Å². The standard InChI is InChI=1S/C14H24O3/c1-12(2)6-4-7-13(3)9-14(8-5-11(12)13)15-10-16-17-14/h11H,4-10H2,1-3H3/t11-,13+,14?/m0/s1. The molecule has 17 heavy (non-hydrogen) atoms. The van der Waals surface area contributed by atoms with Crippen molar-refractivity contribution < 1.29 is 14.5 Å². The van der Waals surface area contributed by atoms with Gasteiger partial charge in [0.2, 0.25) is 5.79 Å². The first-order chi connectivity index (χ1) is 7.96. The van der Waals surface area contributed by atoms with Crippen molar-refractivity contribution in [3.63, 3.8) is 0 Å². The van der Waals surface area contributed by atoms with Gasteiger partial charge in [-0.15, -0.1) is 0 Å². The number of ether oxygens (including phenoxy) is 1. The molecular formula is C14H24O3. The van der Waals surface area contributed by atoms with E-state index in [0.717, 1.165) is 18.8 Å². The van der Waals surface area contributed by atoms with E-state index in [1.165, 1.54) is 25.7 Å². The van der Waals surface area contributed by atoms with Crippen LogP contribution in [0.3, 0.4) is 0 Å². The lowest BCUT2D eigenvalue weighted by Gasteiger charge is -2.56. The number of rotatable bonds is 0. The first-order valence-corrected chi connectivity index (χ1v) is 6.91. The number of hydrogen-bond acceptors (Lipinski definition) is 3. The van der Waals surface area contributed by atoms with Crippen LogP contribution in [0.25, 0.3) is 0 Å². The molecule has 0 N–H and O–H groups in total. The Morgan fingerprint density at radius 1 is 1.06 bits per heavy atom. The van der Waals surface area contributed by atoms with Gasteiger partial charge in [0.25, 0.3) is 0 Å². The summed E-state index contributed by atoms with van der Waals surface area (Å²) in [6, 6.07) is 0. The van der Waals surface area contributed by atoms with Crippen molar-refractivity contribution in [2.75, 3.05) is 6.79 Å². The second-order valence-corrected chi connectivity index (χ2v) is 7.14. The molecule has 98 valence electrons. The molecular weight excluding hydrogens is 216 g/mol. The van der Waals surface area contributed by atoms with E-state index in [4.69, 9.17) is 14.5 Å². The Balaban J connectivity index is 1.85. The van der Waals surface area contributed by atoms with Gasteiger partial charge in [0.05, 0.1) is 0 Å². The largest absolute Gasteiger partial charge is 0.318 e. The maximum absolute atomic E-state index is 5.72. The van der Waals surface area contributed by atoms with E-state index in [9.17, 15) is 0 Å². The van der Waals surface area contributed by atoms with Gasteiger partial charge in [0, 0.05) is 12.8 Å². The Hall–Kier alpha value is -0.120. The van der Waals surface area contributed by atoms with Crippen molar-refractivity contribution in [1.82, 2.24) is 0 Å². The highest BCUT2D eigenvalue weighted by Crippen LogP contribution is 2.60. The second kappa shape index (κ2) is 3.69. The highest BCUT2D eigenvalue weighted by atomic mass is 17.3. The zero-order chi connectivity index (χ0) is 12.1. The summed E-state index contributed by atoms with van der Waals surface area (Å²) in [5.41, 5.74) is 0.821. The Labute approximate surface area is 104 Å². The molecule has 0 aromatic rings. The normalized spacial score (nSPS) is 49.2. The Bertz CT molecular complexity index is 307. The van der Waals surface area contributed by atoms with Crippen LogP contribution in [0.5, 0.6) is 0 Å². The molecule has 0 aromatic carbocycles. The first-order valence-electron chi connectivity index (χ1n) is 6.91. The summed E-state index contributed by atoms with van der Waals surface area (Å²) >= 11 is 0. The fraction of sp³-hybridized carbons (Fsp3) is 1.00. The highest BCUT2D eigenvalue weighted by molar-refractivity contribution is 5.01. The second-order valence-electron chi connectivity index (χ2n) is 7.14. The van der Waals surface area contributed by atoms with Crippen LogP contribution in [0.1, 0.15) is 59.3 Å². The van der Waals surface area contributed by atoms with Gasteiger partial charge >= 0.3 is 0 Å². The molecule has 1 aliphatic heterocycles. The van der Waals surface area contributed by atoms with Gasteiger partial charge in [0.1, 0.15) is 0 Å². The molecule has 0 bridgehead atoms. The molecule has 1 saturated heterocycles. The van der Waals surface area contributed by atoms with Crippen molar-refractivity contribution in [3.05, 3.63) is 0 Å². The van der Waals surface area contributed by atoms with Gasteiger partial charge < -0.3 is 4.74 Å². The van der Waals surface area contributed by atoms with Crippen LogP contribution in [-0.2, 0) is 14.5 Å². The Morgan fingerprint density at radius 3 is 2.59 bits per heavy atom. The summed E-state index contributed by atoms with van der Waals surface area (Å²) in [6.45, 7) is 7.58. The summed E-state index contributed by atoms with van der Waals surface area (Å²) in [7, 11) is 0. The third kappa shape index (κ3) is 1.83. The molecule has 3 aliphatic rings. The molecule has 3 atom stereocenters. The van der Waals surface area contributed by atoms with Crippen LogP contribution < -0.4 is 0 Å². The third-order valence-electron chi connectivity index (χ3n) is 5.42. The zero-order valence-corrected chi connectivity index (χ0v) is 11.3. The van der Waals surface area contributed by atoms with Gasteiger partial charge in [-0.1, -0.05) is 27.2 Å². The molecule has 2 aliphatic carbocycles. The van der Waals surface area contributed by atoms with Crippen molar-refractivity contribution in [3.8, 4) is 0 Å². The topological polar surface area (TPSA) is 27.7 Å². The minimum Gasteiger partial charge on any atom is -0.318 e. The van der Waals surface area contributed by atoms with E-state index in [1.54, 1.807) is 0 Å². The van der Waals surface area contributed by atoms with Crippen molar-refractivity contribution >= 4 is 0 Å². The molecule has 3 heteroatoms. The molecule has 1 spiro atoms. The lowest BCUT2D eigenvalue weighted by Crippen LogP contribution is -2.52. The van der Waals surface area contributed by atoms with Crippen LogP contribution >= 0.6 is 0 Å². The zero-order valence-electron chi connectivity index (χ0n) is 11.3. The van der Waals surface area contributed by atoms with Crippen LogP contribution in [0, 0.1) is 16.7 Å². The lowest BCUT2D eigenvalue weighted by atomic mass is 9.51. The molecule has 0 amide bonds. The van der Waals surface area contributed by atoms with Gasteiger partial charge in [-0.25, -0.2) is 4.89 Å². The molecule has 2 saturated carbocycles. The van der Waals surface area contributed by atoms with Crippen molar-refractivity contribution in [2.24, 2.45) is 16.7 Å². The van der Waals surface area contributed by atoms with Gasteiger partial charge in [-0.2, -0.15) is 4.89 Å². The predicted molar refractivity (Wildman–Crippen MR) is 63.9 cm³/mol. The van der Waals surface area contributed by atoms with Crippen LogP contribution in [0.15, 0.2) is 0 Å². The molecule has 3 fully saturated rings. The third-order valence-corrected chi connectivity index (χ3v) is 5.42. The molecule has 1 heterocycles. The van der Waals surface area contributed by atoms with E-state index >= 15 is 0 Å². The average Bonchev–Trinajstić information content (AvgIpc) is 2.63. The molecule has 0 radical (unpaired) electrons. The SMILES string of the molecule is CC1(C)CCC[C@]2(C)CC3(CC[C@@H]12)OCOO3. The van der Waals surface area contributed by atoms with E-state index in [-0.39, 0.29) is 0 Å². The maximum Gasteiger partial charge on any atom is 0.204 e. The Kier molecular flexibility index (Phi) is 2.59. The van der Waals surface area contributed by atoms with Gasteiger partial charge in [-0.05, 0) is 36.0 Å². The minimum atomic E-state index is -0.432.